The zero-order chi connectivity index (χ0) is 16.2. The molecule has 3 N–H and O–H groups in total. The molecule has 3 rings (SSSR count). The summed E-state index contributed by atoms with van der Waals surface area (Å²) in [5.74, 6) is 0. The molecule has 5 heteroatoms. The number of nitrogens with zero attached hydrogens (tertiary/aromatic N) is 1. The number of nitrogens with one attached hydrogen (secondary N) is 2. The summed E-state index contributed by atoms with van der Waals surface area (Å²) in [6.45, 7) is 2.93. The molecular formula is C18H21N3O2. The van der Waals surface area contributed by atoms with Crippen LogP contribution in [0.15, 0.2) is 47.4 Å². The van der Waals surface area contributed by atoms with Gasteiger partial charge in [-0.1, -0.05) is 18.2 Å². The van der Waals surface area contributed by atoms with Crippen molar-refractivity contribution in [2.24, 2.45) is 0 Å². The number of pyridine rings is 1. The van der Waals surface area contributed by atoms with Crippen LogP contribution in [0.4, 0.5) is 5.69 Å². The topological polar surface area (TPSA) is 70.0 Å². The van der Waals surface area contributed by atoms with Crippen molar-refractivity contribution in [3.05, 3.63) is 64.2 Å². The first-order valence-electron chi connectivity index (χ1n) is 7.80. The molecule has 0 radical (unpaired) electrons. The molecule has 0 bridgehead atoms. The van der Waals surface area contributed by atoms with Gasteiger partial charge in [-0.25, -0.2) is 0 Å². The number of aliphatic hydroxyl groups excluding tert-OH is 1. The molecule has 3 aromatic rings. The van der Waals surface area contributed by atoms with E-state index in [4.69, 9.17) is 5.11 Å². The molecular weight excluding hydrogens is 290 g/mol. The third-order valence-corrected chi connectivity index (χ3v) is 4.06. The van der Waals surface area contributed by atoms with E-state index < -0.39 is 0 Å². The number of aliphatic hydroxyl groups is 1. The molecule has 23 heavy (non-hydrogen) atoms. The number of fused-ring (bicyclic) bond motifs is 1. The van der Waals surface area contributed by atoms with Crippen LogP contribution in [0.2, 0.25) is 0 Å². The van der Waals surface area contributed by atoms with E-state index >= 15 is 0 Å². The van der Waals surface area contributed by atoms with E-state index in [9.17, 15) is 4.79 Å². The third kappa shape index (κ3) is 3.29. The molecule has 5 nitrogen and oxygen atoms in total. The second-order valence-corrected chi connectivity index (χ2v) is 5.64. The Kier molecular flexibility index (Phi) is 4.48. The molecule has 0 aliphatic heterocycles. The molecule has 0 atom stereocenters. The lowest BCUT2D eigenvalue weighted by Gasteiger charge is -2.11. The van der Waals surface area contributed by atoms with E-state index in [0.717, 1.165) is 29.9 Å². The van der Waals surface area contributed by atoms with Crippen LogP contribution in [0.5, 0.6) is 0 Å². The molecule has 0 spiro atoms. The summed E-state index contributed by atoms with van der Waals surface area (Å²) in [4.78, 5) is 15.3. The second-order valence-electron chi connectivity index (χ2n) is 5.64. The van der Waals surface area contributed by atoms with Crippen LogP contribution in [0.25, 0.3) is 10.9 Å². The summed E-state index contributed by atoms with van der Waals surface area (Å²) in [6.07, 6.45) is 2.92. The Hall–Kier alpha value is -2.53. The highest BCUT2D eigenvalue weighted by Gasteiger charge is 2.05. The maximum atomic E-state index is 12.0. The minimum absolute atomic E-state index is 0.0336. The number of H-pyrrole nitrogens is 1. The Morgan fingerprint density at radius 3 is 2.87 bits per heavy atom. The molecule has 0 unspecified atom stereocenters. The zero-order valence-electron chi connectivity index (χ0n) is 13.2. The van der Waals surface area contributed by atoms with Gasteiger partial charge in [-0.15, -0.1) is 0 Å². The maximum absolute atomic E-state index is 12.0. The van der Waals surface area contributed by atoms with Crippen molar-refractivity contribution in [3.63, 3.8) is 0 Å². The number of para-hydroxylation sites is 1. The molecule has 0 amide bonds. The molecule has 0 fully saturated rings. The Bertz CT molecular complexity index is 864. The van der Waals surface area contributed by atoms with Crippen molar-refractivity contribution in [2.75, 3.05) is 18.5 Å². The van der Waals surface area contributed by atoms with Crippen LogP contribution >= 0.6 is 0 Å². The van der Waals surface area contributed by atoms with Gasteiger partial charge in [0.05, 0.1) is 6.61 Å². The van der Waals surface area contributed by atoms with Crippen LogP contribution in [-0.4, -0.2) is 27.8 Å². The lowest BCUT2D eigenvalue weighted by atomic mass is 10.1. The lowest BCUT2D eigenvalue weighted by Crippen LogP contribution is -2.24. The van der Waals surface area contributed by atoms with Crippen LogP contribution in [-0.2, 0) is 13.0 Å². The predicted octanol–water partition coefficient (Wildman–Crippen LogP) is 2.28. The van der Waals surface area contributed by atoms with E-state index in [1.54, 1.807) is 10.6 Å². The lowest BCUT2D eigenvalue weighted by molar-refractivity contribution is 0.273. The standard InChI is InChI=1S/C18H21N3O2/c1-13-10-15(11-18(23)21(13)8-9-22)19-7-6-14-12-20-17-5-3-2-4-16(14)17/h2-5,10-12,19-20,22H,6-9H2,1H3. The van der Waals surface area contributed by atoms with E-state index in [2.05, 4.69) is 22.4 Å². The first kappa shape index (κ1) is 15.4. The van der Waals surface area contributed by atoms with Gasteiger partial charge in [-0.3, -0.25) is 4.79 Å². The summed E-state index contributed by atoms with van der Waals surface area (Å²) in [6, 6.07) is 11.8. The average Bonchev–Trinajstić information content (AvgIpc) is 2.94. The molecule has 0 saturated carbocycles. The van der Waals surface area contributed by atoms with E-state index in [-0.39, 0.29) is 12.2 Å². The van der Waals surface area contributed by atoms with Gasteiger partial charge >= 0.3 is 0 Å². The molecule has 2 heterocycles. The van der Waals surface area contributed by atoms with Gasteiger partial charge in [-0.05, 0) is 31.0 Å². The van der Waals surface area contributed by atoms with E-state index in [1.165, 1.54) is 10.9 Å². The minimum atomic E-state index is -0.0892. The van der Waals surface area contributed by atoms with Crippen molar-refractivity contribution < 1.29 is 5.11 Å². The zero-order valence-corrected chi connectivity index (χ0v) is 13.2. The molecule has 120 valence electrons. The van der Waals surface area contributed by atoms with Crippen LogP contribution in [0, 0.1) is 6.92 Å². The van der Waals surface area contributed by atoms with Crippen LogP contribution in [0.1, 0.15) is 11.3 Å². The SMILES string of the molecule is Cc1cc(NCCc2c[nH]c3ccccc23)cc(=O)n1CCO. The number of benzene rings is 1. The normalized spacial score (nSPS) is 11.0. The van der Waals surface area contributed by atoms with Crippen LogP contribution < -0.4 is 10.9 Å². The summed E-state index contributed by atoms with van der Waals surface area (Å²) in [5.41, 5.74) is 3.99. The van der Waals surface area contributed by atoms with Gasteiger partial charge in [0.2, 0.25) is 0 Å². The monoisotopic (exact) mass is 311 g/mol. The van der Waals surface area contributed by atoms with E-state index in [0.29, 0.717) is 6.54 Å². The Morgan fingerprint density at radius 1 is 1.26 bits per heavy atom. The van der Waals surface area contributed by atoms with E-state index in [1.807, 2.05) is 31.3 Å². The summed E-state index contributed by atoms with van der Waals surface area (Å²) >= 11 is 0. The summed E-state index contributed by atoms with van der Waals surface area (Å²) < 4.78 is 1.57. The number of anilines is 1. The maximum Gasteiger partial charge on any atom is 0.252 e. The first-order chi connectivity index (χ1) is 11.2. The fourth-order valence-corrected chi connectivity index (χ4v) is 2.90. The number of hydrogen-bond acceptors (Lipinski definition) is 3. The van der Waals surface area contributed by atoms with Gasteiger partial charge < -0.3 is 20.0 Å². The quantitative estimate of drug-likeness (QED) is 0.654. The number of aromatic nitrogens is 2. The van der Waals surface area contributed by atoms with Crippen molar-refractivity contribution >= 4 is 16.6 Å². The van der Waals surface area contributed by atoms with Crippen molar-refractivity contribution in [1.29, 1.82) is 0 Å². The average molecular weight is 311 g/mol. The summed E-state index contributed by atoms with van der Waals surface area (Å²) in [7, 11) is 0. The van der Waals surface area contributed by atoms with Gasteiger partial charge in [-0.2, -0.15) is 0 Å². The van der Waals surface area contributed by atoms with Gasteiger partial charge in [0.15, 0.2) is 0 Å². The summed E-state index contributed by atoms with van der Waals surface area (Å²) in [5, 5.41) is 13.5. The first-order valence-corrected chi connectivity index (χ1v) is 7.80. The third-order valence-electron chi connectivity index (χ3n) is 4.06. The van der Waals surface area contributed by atoms with Crippen LogP contribution in [0.3, 0.4) is 0 Å². The highest BCUT2D eigenvalue weighted by Crippen LogP contribution is 2.18. The predicted molar refractivity (Wildman–Crippen MR) is 93.0 cm³/mol. The molecule has 0 aliphatic carbocycles. The highest BCUT2D eigenvalue weighted by atomic mass is 16.3. The van der Waals surface area contributed by atoms with Crippen molar-refractivity contribution in [2.45, 2.75) is 19.9 Å². The van der Waals surface area contributed by atoms with Gasteiger partial charge in [0.25, 0.3) is 5.56 Å². The van der Waals surface area contributed by atoms with Gasteiger partial charge in [0.1, 0.15) is 0 Å². The number of aryl methyl sites for hydroxylation is 1. The second kappa shape index (κ2) is 6.71. The Morgan fingerprint density at radius 2 is 2.09 bits per heavy atom. The highest BCUT2D eigenvalue weighted by molar-refractivity contribution is 5.83. The molecule has 0 aliphatic rings. The Balaban J connectivity index is 1.68. The number of aromatic amines is 1. The largest absolute Gasteiger partial charge is 0.395 e. The Labute approximate surface area is 134 Å². The number of rotatable bonds is 6. The fraction of sp³-hybridized carbons (Fsp3) is 0.278. The van der Waals surface area contributed by atoms with Gasteiger partial charge in [0, 0.05) is 47.6 Å². The smallest absolute Gasteiger partial charge is 0.252 e. The minimum Gasteiger partial charge on any atom is -0.395 e. The fourth-order valence-electron chi connectivity index (χ4n) is 2.90. The van der Waals surface area contributed by atoms with Crippen molar-refractivity contribution in [1.82, 2.24) is 9.55 Å². The molecule has 1 aromatic carbocycles. The van der Waals surface area contributed by atoms with Crippen molar-refractivity contribution in [3.8, 4) is 0 Å². The molecule has 2 aromatic heterocycles. The molecule has 0 saturated heterocycles. The number of hydrogen-bond donors (Lipinski definition) is 3.